The molecule has 1 amide bonds. The van der Waals surface area contributed by atoms with Crippen molar-refractivity contribution in [2.24, 2.45) is 0 Å². The molecule has 2 aromatic rings. The van der Waals surface area contributed by atoms with Crippen LogP contribution in [0.5, 0.6) is 5.75 Å². The van der Waals surface area contributed by atoms with Crippen LogP contribution in [0.25, 0.3) is 0 Å². The van der Waals surface area contributed by atoms with Crippen molar-refractivity contribution in [3.63, 3.8) is 0 Å². The quantitative estimate of drug-likeness (QED) is 0.874. The van der Waals surface area contributed by atoms with E-state index in [9.17, 15) is 14.7 Å². The molecule has 1 aromatic carbocycles. The molecule has 1 heterocycles. The lowest BCUT2D eigenvalue weighted by molar-refractivity contribution is -0.306. The van der Waals surface area contributed by atoms with E-state index in [1.807, 2.05) is 0 Å². The predicted molar refractivity (Wildman–Crippen MR) is 77.1 cm³/mol. The van der Waals surface area contributed by atoms with Gasteiger partial charge in [-0.05, 0) is 29.1 Å². The second kappa shape index (κ2) is 6.90. The molecule has 2 rings (SSSR count). The highest BCUT2D eigenvalue weighted by Gasteiger charge is 2.16. The predicted octanol–water partition coefficient (Wildman–Crippen LogP) is 1.37. The van der Waals surface area contributed by atoms with Gasteiger partial charge in [-0.1, -0.05) is 18.2 Å². The molecular formula is C15H14NO4S-. The van der Waals surface area contributed by atoms with Gasteiger partial charge >= 0.3 is 0 Å². The van der Waals surface area contributed by atoms with Gasteiger partial charge in [-0.15, -0.1) is 11.3 Å². The largest absolute Gasteiger partial charge is 0.550 e. The summed E-state index contributed by atoms with van der Waals surface area (Å²) in [5, 5.41) is 15.4. The summed E-state index contributed by atoms with van der Waals surface area (Å²) in [6.45, 7) is 0. The highest BCUT2D eigenvalue weighted by Crippen LogP contribution is 2.21. The molecule has 110 valence electrons. The van der Waals surface area contributed by atoms with Gasteiger partial charge in [-0.2, -0.15) is 0 Å². The van der Waals surface area contributed by atoms with E-state index in [2.05, 4.69) is 5.32 Å². The zero-order valence-electron chi connectivity index (χ0n) is 11.4. The first kappa shape index (κ1) is 15.1. The lowest BCUT2D eigenvalue weighted by atomic mass is 10.0. The fraction of sp³-hybridized carbons (Fsp3) is 0.200. The molecule has 1 atom stereocenters. The van der Waals surface area contributed by atoms with Crippen molar-refractivity contribution in [2.45, 2.75) is 12.5 Å². The molecule has 0 radical (unpaired) electrons. The van der Waals surface area contributed by atoms with Crippen LogP contribution in [0, 0.1) is 0 Å². The van der Waals surface area contributed by atoms with Gasteiger partial charge in [-0.3, -0.25) is 4.79 Å². The van der Waals surface area contributed by atoms with E-state index >= 15 is 0 Å². The Balaban J connectivity index is 2.17. The molecule has 0 aliphatic rings. The maximum Gasteiger partial charge on any atom is 0.261 e. The van der Waals surface area contributed by atoms with Crippen LogP contribution in [-0.4, -0.2) is 19.0 Å². The van der Waals surface area contributed by atoms with Crippen molar-refractivity contribution < 1.29 is 19.4 Å². The van der Waals surface area contributed by atoms with Crippen LogP contribution in [0.2, 0.25) is 0 Å². The van der Waals surface area contributed by atoms with Gasteiger partial charge in [0.25, 0.3) is 5.91 Å². The highest BCUT2D eigenvalue weighted by molar-refractivity contribution is 7.12. The van der Waals surface area contributed by atoms with Gasteiger partial charge in [-0.25, -0.2) is 0 Å². The fourth-order valence-electron chi connectivity index (χ4n) is 1.89. The Labute approximate surface area is 126 Å². The number of rotatable bonds is 6. The van der Waals surface area contributed by atoms with Crippen LogP contribution < -0.4 is 15.2 Å². The van der Waals surface area contributed by atoms with E-state index in [-0.39, 0.29) is 12.3 Å². The first-order valence-electron chi connectivity index (χ1n) is 6.28. The Morgan fingerprint density at radius 3 is 2.52 bits per heavy atom. The molecule has 5 nitrogen and oxygen atoms in total. The van der Waals surface area contributed by atoms with Crippen molar-refractivity contribution in [1.29, 1.82) is 0 Å². The summed E-state index contributed by atoms with van der Waals surface area (Å²) >= 11 is 1.30. The zero-order chi connectivity index (χ0) is 15.2. The Kier molecular flexibility index (Phi) is 4.94. The summed E-state index contributed by atoms with van der Waals surface area (Å²) in [4.78, 5) is 23.5. The van der Waals surface area contributed by atoms with Gasteiger partial charge in [0.2, 0.25) is 0 Å². The molecule has 0 spiro atoms. The number of hydrogen-bond donors (Lipinski definition) is 1. The molecule has 0 bridgehead atoms. The van der Waals surface area contributed by atoms with Crippen LogP contribution in [0.4, 0.5) is 0 Å². The van der Waals surface area contributed by atoms with Crippen LogP contribution >= 0.6 is 11.3 Å². The first-order valence-corrected chi connectivity index (χ1v) is 7.16. The first-order chi connectivity index (χ1) is 10.1. The van der Waals surface area contributed by atoms with E-state index in [0.29, 0.717) is 16.2 Å². The molecule has 1 N–H and O–H groups in total. The summed E-state index contributed by atoms with van der Waals surface area (Å²) in [5.74, 6) is -0.857. The summed E-state index contributed by atoms with van der Waals surface area (Å²) in [5.41, 5.74) is 0.685. The van der Waals surface area contributed by atoms with Crippen LogP contribution in [0.1, 0.15) is 27.7 Å². The maximum absolute atomic E-state index is 12.1. The maximum atomic E-state index is 12.1. The number of aliphatic carboxylic acids is 1. The summed E-state index contributed by atoms with van der Waals surface area (Å²) < 4.78 is 5.06. The molecule has 0 aliphatic heterocycles. The van der Waals surface area contributed by atoms with E-state index in [4.69, 9.17) is 4.74 Å². The standard InChI is InChI=1S/C15H15NO4S/c1-20-11-6-4-10(5-7-11)12(9-14(17)18)16-15(19)13-3-2-8-21-13/h2-8,12H,9H2,1H3,(H,16,19)(H,17,18)/p-1/t12-/m1/s1. The van der Waals surface area contributed by atoms with Crippen molar-refractivity contribution in [2.75, 3.05) is 7.11 Å². The third kappa shape index (κ3) is 4.06. The molecule has 1 aromatic heterocycles. The molecule has 6 heteroatoms. The monoisotopic (exact) mass is 304 g/mol. The van der Waals surface area contributed by atoms with Crippen molar-refractivity contribution in [1.82, 2.24) is 5.32 Å². The molecule has 0 saturated carbocycles. The van der Waals surface area contributed by atoms with E-state index in [1.165, 1.54) is 11.3 Å². The third-order valence-corrected chi connectivity index (χ3v) is 3.81. The summed E-state index contributed by atoms with van der Waals surface area (Å²) in [6.07, 6.45) is -0.288. The van der Waals surface area contributed by atoms with E-state index < -0.39 is 12.0 Å². The average molecular weight is 304 g/mol. The van der Waals surface area contributed by atoms with Crippen molar-refractivity contribution >= 4 is 23.2 Å². The number of nitrogens with one attached hydrogen (secondary N) is 1. The van der Waals surface area contributed by atoms with E-state index in [0.717, 1.165) is 0 Å². The van der Waals surface area contributed by atoms with Crippen molar-refractivity contribution in [3.8, 4) is 5.75 Å². The lowest BCUT2D eigenvalue weighted by Gasteiger charge is -2.19. The summed E-state index contributed by atoms with van der Waals surface area (Å²) in [7, 11) is 1.55. The molecular weight excluding hydrogens is 290 g/mol. The molecule has 0 aliphatic carbocycles. The normalized spacial score (nSPS) is 11.7. The molecule has 0 saturated heterocycles. The number of hydrogen-bond acceptors (Lipinski definition) is 5. The van der Waals surface area contributed by atoms with Gasteiger partial charge in [0.05, 0.1) is 18.0 Å². The number of benzene rings is 1. The molecule has 0 unspecified atom stereocenters. The number of carboxylic acids is 1. The van der Waals surface area contributed by atoms with Crippen LogP contribution in [0.3, 0.4) is 0 Å². The number of carbonyl (C=O) groups excluding carboxylic acids is 2. The van der Waals surface area contributed by atoms with Gasteiger partial charge in [0.1, 0.15) is 5.75 Å². The number of methoxy groups -OCH3 is 1. The van der Waals surface area contributed by atoms with Gasteiger partial charge in [0.15, 0.2) is 0 Å². The van der Waals surface area contributed by atoms with Crippen LogP contribution in [-0.2, 0) is 4.79 Å². The second-order valence-corrected chi connectivity index (χ2v) is 5.30. The fourth-order valence-corrected chi connectivity index (χ4v) is 2.52. The zero-order valence-corrected chi connectivity index (χ0v) is 12.2. The number of amides is 1. The van der Waals surface area contributed by atoms with E-state index in [1.54, 1.807) is 48.9 Å². The Morgan fingerprint density at radius 1 is 1.29 bits per heavy atom. The highest BCUT2D eigenvalue weighted by atomic mass is 32.1. The number of carboxylic acid groups (broad SMARTS) is 1. The minimum absolute atomic E-state index is 0.288. The number of thiophene rings is 1. The number of carbonyl (C=O) groups is 2. The lowest BCUT2D eigenvalue weighted by Crippen LogP contribution is -2.33. The van der Waals surface area contributed by atoms with Crippen LogP contribution in [0.15, 0.2) is 41.8 Å². The SMILES string of the molecule is COc1ccc([C@@H](CC(=O)[O-])NC(=O)c2cccs2)cc1. The third-order valence-electron chi connectivity index (χ3n) is 2.94. The Morgan fingerprint density at radius 2 is 2.00 bits per heavy atom. The number of ether oxygens (including phenoxy) is 1. The van der Waals surface area contributed by atoms with Gasteiger partial charge in [0, 0.05) is 12.4 Å². The minimum atomic E-state index is -1.22. The Hall–Kier alpha value is -2.34. The Bertz CT molecular complexity index is 607. The molecule has 0 fully saturated rings. The average Bonchev–Trinajstić information content (AvgIpc) is 3.00. The minimum Gasteiger partial charge on any atom is -0.550 e. The topological polar surface area (TPSA) is 78.5 Å². The smallest absolute Gasteiger partial charge is 0.261 e. The second-order valence-electron chi connectivity index (χ2n) is 4.35. The summed E-state index contributed by atoms with van der Waals surface area (Å²) in [6, 6.07) is 9.69. The van der Waals surface area contributed by atoms with Crippen molar-refractivity contribution in [3.05, 3.63) is 52.2 Å². The van der Waals surface area contributed by atoms with Gasteiger partial charge < -0.3 is 20.0 Å². The molecule has 21 heavy (non-hydrogen) atoms.